The van der Waals surface area contributed by atoms with Gasteiger partial charge in [-0.2, -0.15) is 5.10 Å². The van der Waals surface area contributed by atoms with Gasteiger partial charge in [0.2, 0.25) is 0 Å². The Morgan fingerprint density at radius 1 is 1.32 bits per heavy atom. The van der Waals surface area contributed by atoms with Gasteiger partial charge in [0.1, 0.15) is 0 Å². The first-order valence-corrected chi connectivity index (χ1v) is 6.53. The first kappa shape index (κ1) is 12.0. The van der Waals surface area contributed by atoms with E-state index in [1.165, 1.54) is 0 Å². The standard InChI is InChI=1S/C13H17N5O/c19-13(18-6-1-4-14-5-7-18)16-11-2-3-12-10(8-11)9-15-17-12/h2-3,8-9,14H,1,4-7H2,(H,15,17)(H,16,19). The Labute approximate surface area is 111 Å². The highest BCUT2D eigenvalue weighted by Crippen LogP contribution is 2.17. The van der Waals surface area contributed by atoms with Crippen LogP contribution in [0.4, 0.5) is 10.5 Å². The average molecular weight is 259 g/mol. The maximum Gasteiger partial charge on any atom is 0.321 e. The Hall–Kier alpha value is -2.08. The fourth-order valence-electron chi connectivity index (χ4n) is 2.27. The van der Waals surface area contributed by atoms with E-state index in [-0.39, 0.29) is 6.03 Å². The lowest BCUT2D eigenvalue weighted by atomic mass is 10.2. The third kappa shape index (κ3) is 2.68. The number of aromatic amines is 1. The quantitative estimate of drug-likeness (QED) is 0.724. The van der Waals surface area contributed by atoms with Crippen molar-refractivity contribution in [2.45, 2.75) is 6.42 Å². The molecule has 100 valence electrons. The summed E-state index contributed by atoms with van der Waals surface area (Å²) in [6, 6.07) is 5.69. The first-order valence-electron chi connectivity index (χ1n) is 6.53. The van der Waals surface area contributed by atoms with Gasteiger partial charge >= 0.3 is 6.03 Å². The molecule has 0 radical (unpaired) electrons. The van der Waals surface area contributed by atoms with Gasteiger partial charge in [-0.05, 0) is 31.2 Å². The minimum absolute atomic E-state index is 0.0356. The molecule has 2 aromatic rings. The lowest BCUT2D eigenvalue weighted by Crippen LogP contribution is -2.37. The Bertz CT molecular complexity index is 571. The van der Waals surface area contributed by atoms with E-state index < -0.39 is 0 Å². The van der Waals surface area contributed by atoms with Gasteiger partial charge in [-0.3, -0.25) is 5.10 Å². The summed E-state index contributed by atoms with van der Waals surface area (Å²) in [4.78, 5) is 14.0. The van der Waals surface area contributed by atoms with Gasteiger partial charge in [-0.15, -0.1) is 0 Å². The largest absolute Gasteiger partial charge is 0.323 e. The van der Waals surface area contributed by atoms with Crippen molar-refractivity contribution in [3.05, 3.63) is 24.4 Å². The molecular formula is C13H17N5O. The summed E-state index contributed by atoms with van der Waals surface area (Å²) >= 11 is 0. The number of anilines is 1. The third-order valence-electron chi connectivity index (χ3n) is 3.32. The molecule has 1 aliphatic rings. The summed E-state index contributed by atoms with van der Waals surface area (Å²) in [5.74, 6) is 0. The molecule has 1 aliphatic heterocycles. The number of H-pyrrole nitrogens is 1. The molecule has 2 amide bonds. The number of aromatic nitrogens is 2. The maximum atomic E-state index is 12.2. The zero-order valence-corrected chi connectivity index (χ0v) is 10.6. The number of benzene rings is 1. The van der Waals surface area contributed by atoms with Crippen LogP contribution in [0.2, 0.25) is 0 Å². The molecule has 3 rings (SSSR count). The molecule has 6 heteroatoms. The number of carbonyl (C=O) groups is 1. The molecule has 1 aromatic carbocycles. The number of nitrogens with zero attached hydrogens (tertiary/aromatic N) is 2. The zero-order chi connectivity index (χ0) is 13.1. The van der Waals surface area contributed by atoms with Crippen molar-refractivity contribution in [3.8, 4) is 0 Å². The van der Waals surface area contributed by atoms with Crippen LogP contribution in [-0.2, 0) is 0 Å². The third-order valence-corrected chi connectivity index (χ3v) is 3.32. The minimum atomic E-state index is -0.0356. The Morgan fingerprint density at radius 3 is 3.21 bits per heavy atom. The maximum absolute atomic E-state index is 12.2. The molecule has 1 fully saturated rings. The number of urea groups is 1. The molecule has 2 heterocycles. The fourth-order valence-corrected chi connectivity index (χ4v) is 2.27. The van der Waals surface area contributed by atoms with Crippen LogP contribution in [0.3, 0.4) is 0 Å². The number of nitrogens with one attached hydrogen (secondary N) is 3. The monoisotopic (exact) mass is 259 g/mol. The Kier molecular flexibility index (Phi) is 3.33. The van der Waals surface area contributed by atoms with Crippen LogP contribution in [-0.4, -0.2) is 47.3 Å². The van der Waals surface area contributed by atoms with E-state index in [0.717, 1.165) is 49.2 Å². The molecule has 6 nitrogen and oxygen atoms in total. The van der Waals surface area contributed by atoms with E-state index >= 15 is 0 Å². The van der Waals surface area contributed by atoms with Crippen molar-refractivity contribution in [3.63, 3.8) is 0 Å². The van der Waals surface area contributed by atoms with Crippen molar-refractivity contribution in [2.75, 3.05) is 31.5 Å². The van der Waals surface area contributed by atoms with Crippen LogP contribution < -0.4 is 10.6 Å². The van der Waals surface area contributed by atoms with Crippen LogP contribution in [0, 0.1) is 0 Å². The second-order valence-corrected chi connectivity index (χ2v) is 4.69. The molecule has 1 saturated heterocycles. The summed E-state index contributed by atoms with van der Waals surface area (Å²) in [7, 11) is 0. The molecular weight excluding hydrogens is 242 g/mol. The van der Waals surface area contributed by atoms with Gasteiger partial charge in [0.25, 0.3) is 0 Å². The van der Waals surface area contributed by atoms with E-state index in [1.807, 2.05) is 23.1 Å². The van der Waals surface area contributed by atoms with Gasteiger partial charge in [-0.25, -0.2) is 4.79 Å². The van der Waals surface area contributed by atoms with Crippen molar-refractivity contribution in [1.82, 2.24) is 20.4 Å². The second kappa shape index (κ2) is 5.27. The Balaban J connectivity index is 1.70. The van der Waals surface area contributed by atoms with Crippen LogP contribution in [0.1, 0.15) is 6.42 Å². The van der Waals surface area contributed by atoms with Crippen LogP contribution in [0.15, 0.2) is 24.4 Å². The van der Waals surface area contributed by atoms with Crippen LogP contribution >= 0.6 is 0 Å². The smallest absolute Gasteiger partial charge is 0.321 e. The first-order chi connectivity index (χ1) is 9.33. The predicted molar refractivity (Wildman–Crippen MR) is 74.2 cm³/mol. The highest BCUT2D eigenvalue weighted by atomic mass is 16.2. The lowest BCUT2D eigenvalue weighted by molar-refractivity contribution is 0.215. The summed E-state index contributed by atoms with van der Waals surface area (Å²) in [5, 5.41) is 14.1. The van der Waals surface area contributed by atoms with Gasteiger partial charge in [0.05, 0.1) is 11.7 Å². The number of hydrogen-bond donors (Lipinski definition) is 3. The predicted octanol–water partition coefficient (Wildman–Crippen LogP) is 1.39. The highest BCUT2D eigenvalue weighted by molar-refractivity contribution is 5.92. The summed E-state index contributed by atoms with van der Waals surface area (Å²) in [5.41, 5.74) is 1.77. The highest BCUT2D eigenvalue weighted by Gasteiger charge is 2.15. The average Bonchev–Trinajstić information content (AvgIpc) is 2.71. The van der Waals surface area contributed by atoms with Gasteiger partial charge < -0.3 is 15.5 Å². The number of fused-ring (bicyclic) bond motifs is 1. The normalized spacial score (nSPS) is 16.3. The van der Waals surface area contributed by atoms with Crippen molar-refractivity contribution in [1.29, 1.82) is 0 Å². The number of hydrogen-bond acceptors (Lipinski definition) is 3. The number of carbonyl (C=O) groups excluding carboxylic acids is 1. The van der Waals surface area contributed by atoms with Gasteiger partial charge in [-0.1, -0.05) is 0 Å². The Morgan fingerprint density at radius 2 is 2.26 bits per heavy atom. The zero-order valence-electron chi connectivity index (χ0n) is 10.6. The van der Waals surface area contributed by atoms with Crippen molar-refractivity contribution < 1.29 is 4.79 Å². The summed E-state index contributed by atoms with van der Waals surface area (Å²) < 4.78 is 0. The summed E-state index contributed by atoms with van der Waals surface area (Å²) in [6.07, 6.45) is 2.75. The molecule has 0 bridgehead atoms. The van der Waals surface area contributed by atoms with E-state index in [2.05, 4.69) is 20.8 Å². The number of amides is 2. The summed E-state index contributed by atoms with van der Waals surface area (Å²) in [6.45, 7) is 3.38. The van der Waals surface area contributed by atoms with E-state index in [1.54, 1.807) is 6.20 Å². The molecule has 0 aliphatic carbocycles. The molecule has 3 N–H and O–H groups in total. The molecule has 0 unspecified atom stereocenters. The number of rotatable bonds is 1. The molecule has 0 saturated carbocycles. The van der Waals surface area contributed by atoms with Crippen molar-refractivity contribution in [2.24, 2.45) is 0 Å². The van der Waals surface area contributed by atoms with E-state index in [9.17, 15) is 4.79 Å². The fraction of sp³-hybridized carbons (Fsp3) is 0.385. The molecule has 1 aromatic heterocycles. The van der Waals surface area contributed by atoms with Crippen LogP contribution in [0.25, 0.3) is 10.9 Å². The second-order valence-electron chi connectivity index (χ2n) is 4.69. The lowest BCUT2D eigenvalue weighted by Gasteiger charge is -2.20. The minimum Gasteiger partial charge on any atom is -0.323 e. The van der Waals surface area contributed by atoms with Crippen LogP contribution in [0.5, 0.6) is 0 Å². The van der Waals surface area contributed by atoms with Crippen molar-refractivity contribution >= 4 is 22.6 Å². The van der Waals surface area contributed by atoms with Gasteiger partial charge in [0.15, 0.2) is 0 Å². The van der Waals surface area contributed by atoms with E-state index in [0.29, 0.717) is 0 Å². The SMILES string of the molecule is O=C(Nc1ccc2[nH]ncc2c1)N1CCCNCC1. The van der Waals surface area contributed by atoms with Gasteiger partial charge in [0, 0.05) is 30.7 Å². The molecule has 0 atom stereocenters. The molecule has 0 spiro atoms. The van der Waals surface area contributed by atoms with E-state index in [4.69, 9.17) is 0 Å². The molecule has 19 heavy (non-hydrogen) atoms. The topological polar surface area (TPSA) is 73.0 Å².